The lowest BCUT2D eigenvalue weighted by Gasteiger charge is -2.00. The second-order valence-electron chi connectivity index (χ2n) is 4.74. The monoisotopic (exact) mass is 297 g/mol. The van der Waals surface area contributed by atoms with Crippen molar-refractivity contribution >= 4 is 23.0 Å². The van der Waals surface area contributed by atoms with Crippen LogP contribution in [-0.2, 0) is 6.54 Å². The molecule has 2 N–H and O–H groups in total. The topological polar surface area (TPSA) is 105 Å². The average molecular weight is 297 g/mol. The maximum atomic E-state index is 10.9. The number of fused-ring (bicyclic) bond motifs is 1. The quantitative estimate of drug-likeness (QED) is 0.761. The first-order valence-corrected chi connectivity index (χ1v) is 6.43. The first-order valence-electron chi connectivity index (χ1n) is 6.43. The van der Waals surface area contributed by atoms with E-state index < -0.39 is 11.9 Å². The SMILES string of the molecule is O=C(O)c1ccc(Cn2nc3ccc(C(=O)O)cc3n2)cc1. The largest absolute Gasteiger partial charge is 0.478 e. The number of rotatable bonds is 4. The Kier molecular flexibility index (Phi) is 3.30. The zero-order valence-corrected chi connectivity index (χ0v) is 11.3. The molecule has 3 rings (SSSR count). The van der Waals surface area contributed by atoms with Gasteiger partial charge in [0.25, 0.3) is 0 Å². The number of carboxylic acids is 2. The number of aromatic nitrogens is 3. The normalized spacial score (nSPS) is 10.7. The van der Waals surface area contributed by atoms with Gasteiger partial charge in [0.05, 0.1) is 17.7 Å². The van der Waals surface area contributed by atoms with Crippen molar-refractivity contribution in [1.82, 2.24) is 15.0 Å². The van der Waals surface area contributed by atoms with Crippen LogP contribution in [0.5, 0.6) is 0 Å². The summed E-state index contributed by atoms with van der Waals surface area (Å²) < 4.78 is 0. The molecule has 0 amide bonds. The lowest BCUT2D eigenvalue weighted by atomic mass is 10.1. The molecule has 2 aromatic carbocycles. The fraction of sp³-hybridized carbons (Fsp3) is 0.0667. The van der Waals surface area contributed by atoms with Crippen LogP contribution in [0.3, 0.4) is 0 Å². The molecule has 22 heavy (non-hydrogen) atoms. The van der Waals surface area contributed by atoms with Crippen LogP contribution in [0.15, 0.2) is 42.5 Å². The molecule has 0 aliphatic carbocycles. The number of aromatic carboxylic acids is 2. The van der Waals surface area contributed by atoms with Crippen LogP contribution in [0.1, 0.15) is 26.3 Å². The Morgan fingerprint density at radius 3 is 2.09 bits per heavy atom. The van der Waals surface area contributed by atoms with Gasteiger partial charge in [-0.3, -0.25) is 0 Å². The van der Waals surface area contributed by atoms with Crippen LogP contribution in [0, 0.1) is 0 Å². The number of carboxylic acid groups (broad SMARTS) is 2. The van der Waals surface area contributed by atoms with E-state index in [4.69, 9.17) is 10.2 Å². The lowest BCUT2D eigenvalue weighted by Crippen LogP contribution is -2.04. The molecule has 1 heterocycles. The van der Waals surface area contributed by atoms with Crippen LogP contribution >= 0.6 is 0 Å². The van der Waals surface area contributed by atoms with Gasteiger partial charge in [-0.15, -0.1) is 0 Å². The third-order valence-corrected chi connectivity index (χ3v) is 3.19. The van der Waals surface area contributed by atoms with E-state index in [-0.39, 0.29) is 11.1 Å². The zero-order valence-electron chi connectivity index (χ0n) is 11.3. The van der Waals surface area contributed by atoms with Gasteiger partial charge in [-0.25, -0.2) is 9.59 Å². The molecule has 0 unspecified atom stereocenters. The standard InChI is InChI=1S/C15H11N3O4/c19-14(20)10-3-1-9(2-4-10)8-18-16-12-6-5-11(15(21)22)7-13(12)17-18/h1-7H,8H2,(H,19,20)(H,21,22). The maximum Gasteiger partial charge on any atom is 0.335 e. The summed E-state index contributed by atoms with van der Waals surface area (Å²) in [5.41, 5.74) is 2.33. The fourth-order valence-electron chi connectivity index (χ4n) is 2.08. The van der Waals surface area contributed by atoms with Gasteiger partial charge in [0.15, 0.2) is 0 Å². The summed E-state index contributed by atoms with van der Waals surface area (Å²) in [4.78, 5) is 23.2. The Hall–Kier alpha value is -3.22. The van der Waals surface area contributed by atoms with Crippen molar-refractivity contribution < 1.29 is 19.8 Å². The van der Waals surface area contributed by atoms with E-state index in [2.05, 4.69) is 10.2 Å². The van der Waals surface area contributed by atoms with Crippen LogP contribution in [0.25, 0.3) is 11.0 Å². The minimum absolute atomic E-state index is 0.158. The molecule has 0 bridgehead atoms. The second kappa shape index (κ2) is 5.28. The van der Waals surface area contributed by atoms with Gasteiger partial charge in [0.2, 0.25) is 0 Å². The highest BCUT2D eigenvalue weighted by Gasteiger charge is 2.08. The van der Waals surface area contributed by atoms with E-state index in [1.807, 2.05) is 0 Å². The van der Waals surface area contributed by atoms with Gasteiger partial charge in [0, 0.05) is 0 Å². The van der Waals surface area contributed by atoms with Crippen LogP contribution in [-0.4, -0.2) is 37.1 Å². The molecule has 110 valence electrons. The molecule has 0 saturated carbocycles. The third-order valence-electron chi connectivity index (χ3n) is 3.19. The molecule has 3 aromatic rings. The van der Waals surface area contributed by atoms with Gasteiger partial charge in [0.1, 0.15) is 11.0 Å². The molecule has 0 spiro atoms. The molecule has 7 heteroatoms. The van der Waals surface area contributed by atoms with Crippen molar-refractivity contribution in [3.05, 3.63) is 59.2 Å². The Balaban J connectivity index is 1.87. The minimum atomic E-state index is -1.01. The average Bonchev–Trinajstić information content (AvgIpc) is 2.88. The molecular weight excluding hydrogens is 286 g/mol. The third kappa shape index (κ3) is 2.64. The molecule has 0 aliphatic rings. The lowest BCUT2D eigenvalue weighted by molar-refractivity contribution is 0.0686. The van der Waals surface area contributed by atoms with Crippen molar-refractivity contribution in [2.75, 3.05) is 0 Å². The number of benzene rings is 2. The zero-order chi connectivity index (χ0) is 15.7. The molecule has 7 nitrogen and oxygen atoms in total. The molecular formula is C15H11N3O4. The molecule has 0 fully saturated rings. The highest BCUT2D eigenvalue weighted by Crippen LogP contribution is 2.13. The Morgan fingerprint density at radius 1 is 0.864 bits per heavy atom. The van der Waals surface area contributed by atoms with E-state index in [9.17, 15) is 9.59 Å². The smallest absolute Gasteiger partial charge is 0.335 e. The van der Waals surface area contributed by atoms with E-state index in [0.717, 1.165) is 5.56 Å². The van der Waals surface area contributed by atoms with Crippen LogP contribution in [0.2, 0.25) is 0 Å². The molecule has 0 saturated heterocycles. The molecule has 1 aromatic heterocycles. The summed E-state index contributed by atoms with van der Waals surface area (Å²) in [6, 6.07) is 11.0. The van der Waals surface area contributed by atoms with Crippen molar-refractivity contribution in [1.29, 1.82) is 0 Å². The minimum Gasteiger partial charge on any atom is -0.478 e. The van der Waals surface area contributed by atoms with E-state index >= 15 is 0 Å². The van der Waals surface area contributed by atoms with E-state index in [1.54, 1.807) is 18.2 Å². The summed E-state index contributed by atoms with van der Waals surface area (Å²) >= 11 is 0. The van der Waals surface area contributed by atoms with Gasteiger partial charge in [-0.2, -0.15) is 15.0 Å². The number of nitrogens with zero attached hydrogens (tertiary/aromatic N) is 3. The Morgan fingerprint density at radius 2 is 1.45 bits per heavy atom. The predicted octanol–water partition coefficient (Wildman–Crippen LogP) is 1.88. The summed E-state index contributed by atoms with van der Waals surface area (Å²) in [6.07, 6.45) is 0. The highest BCUT2D eigenvalue weighted by molar-refractivity contribution is 5.92. The van der Waals surface area contributed by atoms with Gasteiger partial charge < -0.3 is 10.2 Å². The van der Waals surface area contributed by atoms with Crippen LogP contribution < -0.4 is 0 Å². The fourth-order valence-corrected chi connectivity index (χ4v) is 2.08. The first kappa shape index (κ1) is 13.7. The molecule has 0 radical (unpaired) electrons. The molecule has 0 aliphatic heterocycles. The van der Waals surface area contributed by atoms with Gasteiger partial charge in [-0.1, -0.05) is 12.1 Å². The summed E-state index contributed by atoms with van der Waals surface area (Å²) in [6.45, 7) is 0.372. The Bertz CT molecular complexity index is 868. The highest BCUT2D eigenvalue weighted by atomic mass is 16.4. The van der Waals surface area contributed by atoms with Crippen LogP contribution in [0.4, 0.5) is 0 Å². The van der Waals surface area contributed by atoms with Crippen molar-refractivity contribution in [3.8, 4) is 0 Å². The van der Waals surface area contributed by atoms with Gasteiger partial charge >= 0.3 is 11.9 Å². The molecule has 0 atom stereocenters. The summed E-state index contributed by atoms with van der Waals surface area (Å²) in [7, 11) is 0. The van der Waals surface area contributed by atoms with Gasteiger partial charge in [-0.05, 0) is 35.9 Å². The number of carbonyl (C=O) groups is 2. The summed E-state index contributed by atoms with van der Waals surface area (Å²) in [5.74, 6) is -1.99. The number of hydrogen-bond acceptors (Lipinski definition) is 4. The summed E-state index contributed by atoms with van der Waals surface area (Å²) in [5, 5.41) is 26.3. The second-order valence-corrected chi connectivity index (χ2v) is 4.74. The van der Waals surface area contributed by atoms with E-state index in [1.165, 1.54) is 29.1 Å². The van der Waals surface area contributed by atoms with Crippen molar-refractivity contribution in [2.45, 2.75) is 6.54 Å². The van der Waals surface area contributed by atoms with Crippen molar-refractivity contribution in [3.63, 3.8) is 0 Å². The number of hydrogen-bond donors (Lipinski definition) is 2. The Labute approximate surface area is 124 Å². The van der Waals surface area contributed by atoms with Crippen molar-refractivity contribution in [2.24, 2.45) is 0 Å². The maximum absolute atomic E-state index is 10.9. The van der Waals surface area contributed by atoms with E-state index in [0.29, 0.717) is 17.6 Å². The first-order chi connectivity index (χ1) is 10.5. The predicted molar refractivity (Wildman–Crippen MR) is 77.0 cm³/mol.